The lowest BCUT2D eigenvalue weighted by molar-refractivity contribution is 0.396. The van der Waals surface area contributed by atoms with E-state index in [1.807, 2.05) is 13.0 Å². The molecular formula is C10H11N3O2. The van der Waals surface area contributed by atoms with E-state index in [4.69, 9.17) is 15.0 Å². The lowest BCUT2D eigenvalue weighted by atomic mass is 10.1. The molecule has 0 aliphatic carbocycles. The van der Waals surface area contributed by atoms with Gasteiger partial charge in [0.05, 0.1) is 13.3 Å². The second-order valence-corrected chi connectivity index (χ2v) is 3.15. The van der Waals surface area contributed by atoms with E-state index in [9.17, 15) is 0 Å². The van der Waals surface area contributed by atoms with E-state index in [2.05, 4.69) is 10.1 Å². The third-order valence-electron chi connectivity index (χ3n) is 2.00. The smallest absolute Gasteiger partial charge is 0.213 e. The molecule has 2 rings (SSSR count). The summed E-state index contributed by atoms with van der Waals surface area (Å²) < 4.78 is 10.1. The van der Waals surface area contributed by atoms with Crippen LogP contribution in [0.15, 0.2) is 22.9 Å². The summed E-state index contributed by atoms with van der Waals surface area (Å²) in [5, 5.41) is 3.62. The maximum atomic E-state index is 5.70. The normalized spacial score (nSPS) is 10.3. The average Bonchev–Trinajstić information content (AvgIpc) is 2.63. The molecule has 0 aromatic carbocycles. The highest BCUT2D eigenvalue weighted by Gasteiger charge is 2.10. The quantitative estimate of drug-likeness (QED) is 0.806. The van der Waals surface area contributed by atoms with E-state index < -0.39 is 0 Å². The van der Waals surface area contributed by atoms with Crippen molar-refractivity contribution in [3.8, 4) is 17.2 Å². The summed E-state index contributed by atoms with van der Waals surface area (Å²) in [5.74, 6) is 1.07. The Morgan fingerprint density at radius 3 is 2.80 bits per heavy atom. The first-order chi connectivity index (χ1) is 7.20. The highest BCUT2D eigenvalue weighted by atomic mass is 16.5. The fourth-order valence-corrected chi connectivity index (χ4v) is 1.34. The van der Waals surface area contributed by atoms with E-state index in [0.717, 1.165) is 11.3 Å². The molecule has 5 nitrogen and oxygen atoms in total. The van der Waals surface area contributed by atoms with E-state index >= 15 is 0 Å². The van der Waals surface area contributed by atoms with Crippen molar-refractivity contribution in [3.63, 3.8) is 0 Å². The summed E-state index contributed by atoms with van der Waals surface area (Å²) >= 11 is 0. The Bertz CT molecular complexity index is 479. The van der Waals surface area contributed by atoms with Gasteiger partial charge in [-0.1, -0.05) is 5.16 Å². The van der Waals surface area contributed by atoms with Crippen molar-refractivity contribution in [2.45, 2.75) is 6.92 Å². The zero-order chi connectivity index (χ0) is 10.8. The minimum Gasteiger partial charge on any atom is -0.481 e. The Hall–Kier alpha value is -2.04. The van der Waals surface area contributed by atoms with Gasteiger partial charge in [0, 0.05) is 17.3 Å². The number of hydrogen-bond donors (Lipinski definition) is 1. The molecule has 5 heteroatoms. The van der Waals surface area contributed by atoms with Crippen LogP contribution in [0.2, 0.25) is 0 Å². The minimum absolute atomic E-state index is 0.502. The standard InChI is InChI=1S/C10H11N3O2/c1-6-3-7(4-9(13-6)14-2)10-8(11)5-12-15-10/h3-5H,11H2,1-2H3. The topological polar surface area (TPSA) is 74.2 Å². The number of hydrogen-bond acceptors (Lipinski definition) is 5. The van der Waals surface area contributed by atoms with E-state index in [1.165, 1.54) is 6.20 Å². The van der Waals surface area contributed by atoms with Gasteiger partial charge in [-0.15, -0.1) is 0 Å². The number of nitrogen functional groups attached to an aromatic ring is 1. The van der Waals surface area contributed by atoms with Crippen LogP contribution in [0.1, 0.15) is 5.69 Å². The van der Waals surface area contributed by atoms with Crippen molar-refractivity contribution >= 4 is 5.69 Å². The highest BCUT2D eigenvalue weighted by Crippen LogP contribution is 2.27. The molecule has 0 saturated carbocycles. The maximum Gasteiger partial charge on any atom is 0.213 e. The maximum absolute atomic E-state index is 5.70. The number of pyridine rings is 1. The summed E-state index contributed by atoms with van der Waals surface area (Å²) in [4.78, 5) is 4.17. The zero-order valence-corrected chi connectivity index (χ0v) is 8.52. The Morgan fingerprint density at radius 2 is 2.20 bits per heavy atom. The number of aryl methyl sites for hydroxylation is 1. The van der Waals surface area contributed by atoms with Gasteiger partial charge in [-0.25, -0.2) is 4.98 Å². The van der Waals surface area contributed by atoms with Crippen LogP contribution in [0.4, 0.5) is 5.69 Å². The SMILES string of the molecule is COc1cc(-c2oncc2N)cc(C)n1. The second-order valence-electron chi connectivity index (χ2n) is 3.15. The minimum atomic E-state index is 0.502. The van der Waals surface area contributed by atoms with Crippen LogP contribution in [0.5, 0.6) is 5.88 Å². The van der Waals surface area contributed by atoms with E-state index in [-0.39, 0.29) is 0 Å². The Balaban J connectivity index is 2.53. The van der Waals surface area contributed by atoms with Crippen LogP contribution in [0, 0.1) is 6.92 Å². The lowest BCUT2D eigenvalue weighted by Gasteiger charge is -2.03. The Morgan fingerprint density at radius 1 is 1.40 bits per heavy atom. The van der Waals surface area contributed by atoms with Gasteiger partial charge in [-0.2, -0.15) is 0 Å². The number of nitrogens with zero attached hydrogens (tertiary/aromatic N) is 2. The molecule has 2 aromatic heterocycles. The van der Waals surface area contributed by atoms with Gasteiger partial charge in [0.2, 0.25) is 5.88 Å². The number of rotatable bonds is 2. The number of aromatic nitrogens is 2. The number of nitrogens with two attached hydrogens (primary N) is 1. The summed E-state index contributed by atoms with van der Waals surface area (Å²) in [6.07, 6.45) is 1.47. The number of anilines is 1. The van der Waals surface area contributed by atoms with Crippen molar-refractivity contribution in [1.29, 1.82) is 0 Å². The molecule has 0 spiro atoms. The number of methoxy groups -OCH3 is 1. The largest absolute Gasteiger partial charge is 0.481 e. The molecule has 0 bridgehead atoms. The first kappa shape index (κ1) is 9.51. The first-order valence-electron chi connectivity index (χ1n) is 4.44. The monoisotopic (exact) mass is 205 g/mol. The Kier molecular flexibility index (Phi) is 2.29. The molecule has 0 aliphatic rings. The third kappa shape index (κ3) is 1.76. The van der Waals surface area contributed by atoms with Crippen molar-refractivity contribution in [3.05, 3.63) is 24.0 Å². The predicted molar refractivity (Wildman–Crippen MR) is 55.4 cm³/mol. The third-order valence-corrected chi connectivity index (χ3v) is 2.00. The molecule has 0 aliphatic heterocycles. The summed E-state index contributed by atoms with van der Waals surface area (Å²) in [6, 6.07) is 3.61. The molecule has 0 unspecified atom stereocenters. The molecule has 78 valence electrons. The predicted octanol–water partition coefficient (Wildman–Crippen LogP) is 1.64. The van der Waals surface area contributed by atoms with Crippen LogP contribution >= 0.6 is 0 Å². The summed E-state index contributed by atoms with van der Waals surface area (Å²) in [5.41, 5.74) is 7.85. The molecule has 2 heterocycles. The van der Waals surface area contributed by atoms with Gasteiger partial charge < -0.3 is 15.0 Å². The van der Waals surface area contributed by atoms with Crippen LogP contribution in [-0.4, -0.2) is 17.3 Å². The van der Waals surface area contributed by atoms with Crippen LogP contribution in [0.3, 0.4) is 0 Å². The highest BCUT2D eigenvalue weighted by molar-refractivity contribution is 5.70. The zero-order valence-electron chi connectivity index (χ0n) is 8.52. The fourth-order valence-electron chi connectivity index (χ4n) is 1.34. The molecule has 0 radical (unpaired) electrons. The first-order valence-corrected chi connectivity index (χ1v) is 4.44. The fraction of sp³-hybridized carbons (Fsp3) is 0.200. The summed E-state index contributed by atoms with van der Waals surface area (Å²) in [6.45, 7) is 1.87. The Labute approximate surface area is 86.9 Å². The summed E-state index contributed by atoms with van der Waals surface area (Å²) in [7, 11) is 1.56. The van der Waals surface area contributed by atoms with E-state index in [1.54, 1.807) is 13.2 Å². The van der Waals surface area contributed by atoms with Gasteiger partial charge >= 0.3 is 0 Å². The molecule has 15 heavy (non-hydrogen) atoms. The van der Waals surface area contributed by atoms with Gasteiger partial charge in [-0.3, -0.25) is 0 Å². The molecule has 0 fully saturated rings. The van der Waals surface area contributed by atoms with Gasteiger partial charge in [0.15, 0.2) is 5.76 Å². The van der Waals surface area contributed by atoms with Crippen LogP contribution in [-0.2, 0) is 0 Å². The van der Waals surface area contributed by atoms with Crippen molar-refractivity contribution < 1.29 is 9.26 Å². The number of ether oxygens (including phenoxy) is 1. The molecule has 0 atom stereocenters. The lowest BCUT2D eigenvalue weighted by Crippen LogP contribution is -1.92. The van der Waals surface area contributed by atoms with Crippen LogP contribution < -0.4 is 10.5 Å². The average molecular weight is 205 g/mol. The molecule has 2 aromatic rings. The molecular weight excluding hydrogens is 194 g/mol. The molecule has 2 N–H and O–H groups in total. The molecule has 0 amide bonds. The van der Waals surface area contributed by atoms with Crippen LogP contribution in [0.25, 0.3) is 11.3 Å². The van der Waals surface area contributed by atoms with Gasteiger partial charge in [0.1, 0.15) is 5.69 Å². The van der Waals surface area contributed by atoms with Crippen molar-refractivity contribution in [2.24, 2.45) is 0 Å². The van der Waals surface area contributed by atoms with Crippen molar-refractivity contribution in [2.75, 3.05) is 12.8 Å². The molecule has 0 saturated heterocycles. The van der Waals surface area contributed by atoms with Gasteiger partial charge in [0.25, 0.3) is 0 Å². The van der Waals surface area contributed by atoms with E-state index in [0.29, 0.717) is 17.3 Å². The van der Waals surface area contributed by atoms with Crippen molar-refractivity contribution in [1.82, 2.24) is 10.1 Å². The van der Waals surface area contributed by atoms with Gasteiger partial charge in [-0.05, 0) is 13.0 Å². The second kappa shape index (κ2) is 3.61.